The molecule has 15 heteroatoms. The van der Waals surface area contributed by atoms with Gasteiger partial charge in [0, 0.05) is 13.0 Å². The molecule has 0 bridgehead atoms. The van der Waals surface area contributed by atoms with Gasteiger partial charge in [-0.1, -0.05) is 12.1 Å². The molecule has 1 aromatic carbocycles. The van der Waals surface area contributed by atoms with Crippen LogP contribution in [0.2, 0.25) is 0 Å². The molecule has 0 saturated carbocycles. The van der Waals surface area contributed by atoms with E-state index in [9.17, 15) is 29.1 Å². The third-order valence-corrected chi connectivity index (χ3v) is 5.35. The highest BCUT2D eigenvalue weighted by Gasteiger charge is 2.29. The van der Waals surface area contributed by atoms with Crippen LogP contribution in [0.1, 0.15) is 38.2 Å². The smallest absolute Gasteiger partial charge is 0.325 e. The summed E-state index contributed by atoms with van der Waals surface area (Å²) in [6.07, 6.45) is -0.00801. The van der Waals surface area contributed by atoms with Crippen molar-refractivity contribution in [1.82, 2.24) is 16.0 Å². The first-order chi connectivity index (χ1) is 17.8. The number of primary amides is 1. The van der Waals surface area contributed by atoms with Crippen molar-refractivity contribution in [3.05, 3.63) is 29.8 Å². The summed E-state index contributed by atoms with van der Waals surface area (Å²) < 4.78 is 0. The molecule has 38 heavy (non-hydrogen) atoms. The van der Waals surface area contributed by atoms with Crippen LogP contribution in [0.15, 0.2) is 29.3 Å². The van der Waals surface area contributed by atoms with Crippen molar-refractivity contribution in [1.29, 1.82) is 0 Å². The van der Waals surface area contributed by atoms with Gasteiger partial charge in [0.1, 0.15) is 23.9 Å². The summed E-state index contributed by atoms with van der Waals surface area (Å²) in [5.41, 5.74) is 22.5. The van der Waals surface area contributed by atoms with Gasteiger partial charge in [0.05, 0.1) is 6.04 Å². The Bertz CT molecular complexity index is 1010. The second-order valence-electron chi connectivity index (χ2n) is 8.62. The second kappa shape index (κ2) is 15.7. The standard InChI is InChI=1S/C23H36N8O7/c1-12(22(37)38)29-20(35)17(8-9-18(25)33)31-21(36)16(3-2-10-28-23(26)27)30-19(34)15(24)11-13-4-6-14(32)7-5-13/h4-7,12,15-17,32H,2-3,8-11,24H2,1H3,(H2,25,33)(H,29,35)(H,30,34)(H,31,36)(H,37,38)(H4,26,27,28). The number of aromatic hydroxyl groups is 1. The minimum atomic E-state index is -1.31. The predicted octanol–water partition coefficient (Wildman–Crippen LogP) is -2.86. The van der Waals surface area contributed by atoms with E-state index in [1.54, 1.807) is 12.1 Å². The molecule has 0 heterocycles. The molecule has 0 aliphatic carbocycles. The zero-order valence-corrected chi connectivity index (χ0v) is 21.1. The number of hydrogen-bond donors (Lipinski definition) is 9. The zero-order chi connectivity index (χ0) is 28.8. The monoisotopic (exact) mass is 536 g/mol. The molecule has 0 fully saturated rings. The minimum absolute atomic E-state index is 0.0527. The zero-order valence-electron chi connectivity index (χ0n) is 21.1. The van der Waals surface area contributed by atoms with Crippen LogP contribution in [0.4, 0.5) is 0 Å². The van der Waals surface area contributed by atoms with Gasteiger partial charge in [0.15, 0.2) is 5.96 Å². The van der Waals surface area contributed by atoms with E-state index in [0.717, 1.165) is 0 Å². The molecule has 210 valence electrons. The van der Waals surface area contributed by atoms with Gasteiger partial charge >= 0.3 is 5.97 Å². The molecule has 0 aromatic heterocycles. The molecular weight excluding hydrogens is 500 g/mol. The molecule has 4 atom stereocenters. The van der Waals surface area contributed by atoms with Crippen molar-refractivity contribution in [2.75, 3.05) is 6.54 Å². The number of carboxylic acids is 1. The molecule has 0 spiro atoms. The maximum Gasteiger partial charge on any atom is 0.325 e. The summed E-state index contributed by atoms with van der Waals surface area (Å²) in [5, 5.41) is 25.7. The van der Waals surface area contributed by atoms with Crippen LogP contribution >= 0.6 is 0 Å². The Morgan fingerprint density at radius 2 is 1.45 bits per heavy atom. The molecule has 1 rings (SSSR count). The molecule has 1 aromatic rings. The normalized spacial score (nSPS) is 13.7. The fraction of sp³-hybridized carbons (Fsp3) is 0.478. The largest absolute Gasteiger partial charge is 0.508 e. The molecule has 15 nitrogen and oxygen atoms in total. The van der Waals surface area contributed by atoms with E-state index < -0.39 is 53.8 Å². The number of carbonyl (C=O) groups excluding carboxylic acids is 4. The lowest BCUT2D eigenvalue weighted by Gasteiger charge is -2.24. The average Bonchev–Trinajstić information content (AvgIpc) is 2.84. The summed E-state index contributed by atoms with van der Waals surface area (Å²) in [7, 11) is 0. The SMILES string of the molecule is CC(NC(=O)C(CCC(N)=O)NC(=O)C(CCCN=C(N)N)NC(=O)C(N)Cc1ccc(O)cc1)C(=O)O. The number of aliphatic imine (C=N–C) groups is 1. The van der Waals surface area contributed by atoms with Gasteiger partial charge in [0.2, 0.25) is 23.6 Å². The molecule has 0 saturated heterocycles. The number of nitrogens with two attached hydrogens (primary N) is 4. The summed E-state index contributed by atoms with van der Waals surface area (Å²) in [6.45, 7) is 1.39. The number of phenolic OH excluding ortho intramolecular Hbond substituents is 1. The number of carbonyl (C=O) groups is 5. The highest BCUT2D eigenvalue weighted by Crippen LogP contribution is 2.11. The molecule has 4 amide bonds. The highest BCUT2D eigenvalue weighted by atomic mass is 16.4. The number of guanidine groups is 1. The summed E-state index contributed by atoms with van der Waals surface area (Å²) in [4.78, 5) is 64.7. The number of amides is 4. The number of aliphatic carboxylic acids is 1. The highest BCUT2D eigenvalue weighted by molar-refractivity contribution is 5.94. The van der Waals surface area contributed by atoms with Crippen LogP contribution in [0.3, 0.4) is 0 Å². The van der Waals surface area contributed by atoms with Gasteiger partial charge < -0.3 is 49.1 Å². The van der Waals surface area contributed by atoms with Crippen molar-refractivity contribution in [2.24, 2.45) is 27.9 Å². The van der Waals surface area contributed by atoms with E-state index in [4.69, 9.17) is 28.0 Å². The van der Waals surface area contributed by atoms with Crippen molar-refractivity contribution in [3.8, 4) is 5.75 Å². The Labute approximate surface area is 219 Å². The lowest BCUT2D eigenvalue weighted by Crippen LogP contribution is -2.57. The molecule has 0 aliphatic heterocycles. The van der Waals surface area contributed by atoms with Crippen LogP contribution < -0.4 is 38.9 Å². The fourth-order valence-electron chi connectivity index (χ4n) is 3.23. The van der Waals surface area contributed by atoms with Crippen molar-refractivity contribution >= 4 is 35.6 Å². The number of phenols is 1. The first-order valence-electron chi connectivity index (χ1n) is 11.8. The molecular formula is C23H36N8O7. The van der Waals surface area contributed by atoms with Gasteiger partial charge in [-0.05, 0) is 50.3 Å². The van der Waals surface area contributed by atoms with Gasteiger partial charge in [-0.25, -0.2) is 0 Å². The predicted molar refractivity (Wildman–Crippen MR) is 137 cm³/mol. The van der Waals surface area contributed by atoms with Gasteiger partial charge in [-0.2, -0.15) is 0 Å². The molecule has 0 radical (unpaired) electrons. The number of nitrogens with one attached hydrogen (secondary N) is 3. The molecule has 13 N–H and O–H groups in total. The van der Waals surface area contributed by atoms with Gasteiger partial charge in [-0.3, -0.25) is 29.0 Å². The first-order valence-corrected chi connectivity index (χ1v) is 11.8. The van der Waals surface area contributed by atoms with Crippen LogP contribution in [-0.2, 0) is 30.4 Å². The average molecular weight is 537 g/mol. The second-order valence-corrected chi connectivity index (χ2v) is 8.62. The van der Waals surface area contributed by atoms with Crippen molar-refractivity contribution in [3.63, 3.8) is 0 Å². The maximum absolute atomic E-state index is 13.1. The maximum atomic E-state index is 13.1. The Balaban J connectivity index is 3.00. The Kier molecular flexibility index (Phi) is 13.0. The van der Waals surface area contributed by atoms with Gasteiger partial charge in [-0.15, -0.1) is 0 Å². The number of carboxylic acid groups (broad SMARTS) is 1. The van der Waals surface area contributed by atoms with Crippen LogP contribution in [-0.4, -0.2) is 76.5 Å². The number of hydrogen-bond acceptors (Lipinski definition) is 8. The van der Waals surface area contributed by atoms with Gasteiger partial charge in [0.25, 0.3) is 0 Å². The Morgan fingerprint density at radius 3 is 2.00 bits per heavy atom. The van der Waals surface area contributed by atoms with Crippen LogP contribution in [0.25, 0.3) is 0 Å². The molecule has 0 aliphatic rings. The van der Waals surface area contributed by atoms with E-state index in [0.29, 0.717) is 5.56 Å². The lowest BCUT2D eigenvalue weighted by atomic mass is 10.0. The van der Waals surface area contributed by atoms with E-state index in [1.165, 1.54) is 19.1 Å². The first kappa shape index (κ1) is 31.6. The van der Waals surface area contributed by atoms with Crippen LogP contribution in [0, 0.1) is 0 Å². The summed E-state index contributed by atoms with van der Waals surface area (Å²) >= 11 is 0. The number of nitrogens with zero attached hydrogens (tertiary/aromatic N) is 1. The van der Waals surface area contributed by atoms with Crippen molar-refractivity contribution < 1.29 is 34.2 Å². The van der Waals surface area contributed by atoms with E-state index >= 15 is 0 Å². The summed E-state index contributed by atoms with van der Waals surface area (Å²) in [5.74, 6) is -4.40. The Hall–Kier alpha value is -4.40. The minimum Gasteiger partial charge on any atom is -0.508 e. The van der Waals surface area contributed by atoms with Crippen molar-refractivity contribution in [2.45, 2.75) is 63.2 Å². The number of rotatable bonds is 16. The van der Waals surface area contributed by atoms with Crippen LogP contribution in [0.5, 0.6) is 5.75 Å². The summed E-state index contributed by atoms with van der Waals surface area (Å²) in [6, 6.07) is 1.32. The topological polar surface area (TPSA) is 278 Å². The van der Waals surface area contributed by atoms with E-state index in [-0.39, 0.29) is 50.4 Å². The Morgan fingerprint density at radius 1 is 0.895 bits per heavy atom. The quantitative estimate of drug-likeness (QED) is 0.0591. The van der Waals surface area contributed by atoms with E-state index in [1.807, 2.05) is 0 Å². The number of benzene rings is 1. The third-order valence-electron chi connectivity index (χ3n) is 5.35. The third kappa shape index (κ3) is 12.0. The lowest BCUT2D eigenvalue weighted by molar-refractivity contribution is -0.142. The van der Waals surface area contributed by atoms with E-state index in [2.05, 4.69) is 20.9 Å². The molecule has 4 unspecified atom stereocenters. The fourth-order valence-corrected chi connectivity index (χ4v) is 3.23.